The monoisotopic (exact) mass is 415 g/mol. The molecule has 0 radical (unpaired) electrons. The molecule has 0 aliphatic carbocycles. The number of ether oxygens (including phenoxy) is 1. The van der Waals surface area contributed by atoms with Gasteiger partial charge in [-0.1, -0.05) is 0 Å². The van der Waals surface area contributed by atoms with Gasteiger partial charge in [-0.05, 0) is 44.0 Å². The zero-order valence-corrected chi connectivity index (χ0v) is 16.8. The average molecular weight is 415 g/mol. The van der Waals surface area contributed by atoms with Crippen molar-refractivity contribution in [2.75, 3.05) is 13.2 Å². The van der Waals surface area contributed by atoms with Gasteiger partial charge in [0.05, 0.1) is 30.1 Å². The van der Waals surface area contributed by atoms with Crippen LogP contribution in [0.3, 0.4) is 0 Å². The van der Waals surface area contributed by atoms with Crippen LogP contribution in [0.2, 0.25) is 0 Å². The van der Waals surface area contributed by atoms with Crippen LogP contribution in [0.4, 0.5) is 0 Å². The quantitative estimate of drug-likeness (QED) is 0.481. The first kappa shape index (κ1) is 21.4. The number of imidazole rings is 1. The zero-order valence-electron chi connectivity index (χ0n) is 15.9. The number of rotatable bonds is 7. The number of aryl methyl sites for hydroxylation is 2. The number of benzene rings is 1. The van der Waals surface area contributed by atoms with E-state index in [1.807, 2.05) is 26.0 Å². The third kappa shape index (κ3) is 4.14. The number of phosphoric acid groups is 1. The van der Waals surface area contributed by atoms with Gasteiger partial charge in [0, 0.05) is 6.54 Å². The summed E-state index contributed by atoms with van der Waals surface area (Å²) in [4.78, 5) is 14.3. The summed E-state index contributed by atoms with van der Waals surface area (Å²) in [7, 11) is -4.52. The third-order valence-electron chi connectivity index (χ3n) is 4.85. The van der Waals surface area contributed by atoms with Crippen molar-refractivity contribution in [3.8, 4) is 0 Å². The van der Waals surface area contributed by atoms with E-state index in [2.05, 4.69) is 4.98 Å². The van der Waals surface area contributed by atoms with Crippen molar-refractivity contribution < 1.29 is 33.5 Å². The lowest BCUT2D eigenvalue weighted by Crippen LogP contribution is -2.36. The highest BCUT2D eigenvalue weighted by molar-refractivity contribution is 7.47. The summed E-state index contributed by atoms with van der Waals surface area (Å²) >= 11 is 0. The molecule has 10 nitrogen and oxygen atoms in total. The number of aliphatic hydroxyl groups is 2. The summed E-state index contributed by atoms with van der Waals surface area (Å²) in [5.74, 6) is 0. The standard InChI is InChI=1S/C17H26N3O7P/c1-9-4-12-13(5-10(9)2)20(8-19-12)17-15(22)16(14(7-21)25-17)27-28(23,24)26-11(3)6-18/h4-5,8,11,14-17,21-22H,6-7,18H2,1-3H3,(H,23,24)/t11-,14-,15-,16-,17+/m1/s1. The molecule has 2 heterocycles. The summed E-state index contributed by atoms with van der Waals surface area (Å²) in [5.41, 5.74) is 8.95. The Morgan fingerprint density at radius 2 is 2.07 bits per heavy atom. The van der Waals surface area contributed by atoms with Gasteiger partial charge in [0.2, 0.25) is 0 Å². The lowest BCUT2D eigenvalue weighted by molar-refractivity contribution is -0.0511. The number of nitrogens with zero attached hydrogens (tertiary/aromatic N) is 2. The van der Waals surface area contributed by atoms with E-state index in [0.717, 1.165) is 22.2 Å². The molecule has 28 heavy (non-hydrogen) atoms. The molecule has 1 aromatic heterocycles. The maximum Gasteiger partial charge on any atom is 0.472 e. The predicted molar refractivity (Wildman–Crippen MR) is 101 cm³/mol. The Kier molecular flexibility index (Phi) is 6.23. The molecule has 0 saturated carbocycles. The van der Waals surface area contributed by atoms with E-state index in [9.17, 15) is 19.7 Å². The summed E-state index contributed by atoms with van der Waals surface area (Å²) in [6.07, 6.45) is -3.81. The fourth-order valence-corrected chi connectivity index (χ4v) is 4.32. The first-order chi connectivity index (χ1) is 13.2. The second-order valence-electron chi connectivity index (χ2n) is 7.01. The second-order valence-corrected chi connectivity index (χ2v) is 8.36. The minimum Gasteiger partial charge on any atom is -0.394 e. The van der Waals surface area contributed by atoms with Crippen molar-refractivity contribution in [2.24, 2.45) is 5.73 Å². The Bertz CT molecular complexity index is 889. The van der Waals surface area contributed by atoms with Crippen molar-refractivity contribution in [1.29, 1.82) is 0 Å². The van der Waals surface area contributed by atoms with Crippen LogP contribution in [-0.4, -0.2) is 62.2 Å². The van der Waals surface area contributed by atoms with Crippen LogP contribution < -0.4 is 5.73 Å². The molecule has 1 aromatic carbocycles. The molecule has 1 saturated heterocycles. The van der Waals surface area contributed by atoms with E-state index in [1.165, 1.54) is 13.3 Å². The van der Waals surface area contributed by atoms with Gasteiger partial charge in [-0.2, -0.15) is 0 Å². The fourth-order valence-electron chi connectivity index (χ4n) is 3.16. The Morgan fingerprint density at radius 1 is 1.39 bits per heavy atom. The molecule has 1 unspecified atom stereocenters. The van der Waals surface area contributed by atoms with Gasteiger partial charge in [0.25, 0.3) is 0 Å². The van der Waals surface area contributed by atoms with Crippen LogP contribution in [0.15, 0.2) is 18.5 Å². The maximum absolute atomic E-state index is 12.2. The summed E-state index contributed by atoms with van der Waals surface area (Å²) in [6, 6.07) is 3.84. The van der Waals surface area contributed by atoms with Crippen LogP contribution in [0.25, 0.3) is 11.0 Å². The minimum atomic E-state index is -4.52. The van der Waals surface area contributed by atoms with Crippen LogP contribution in [0.5, 0.6) is 0 Å². The Hall–Kier alpha value is -1.36. The smallest absolute Gasteiger partial charge is 0.394 e. The Labute approximate surface area is 162 Å². The number of aromatic nitrogens is 2. The third-order valence-corrected chi connectivity index (χ3v) is 5.99. The van der Waals surface area contributed by atoms with Crippen LogP contribution in [0.1, 0.15) is 24.3 Å². The molecule has 11 heteroatoms. The molecule has 5 N–H and O–H groups in total. The van der Waals surface area contributed by atoms with Gasteiger partial charge in [-0.3, -0.25) is 9.05 Å². The van der Waals surface area contributed by atoms with Gasteiger partial charge < -0.3 is 30.1 Å². The van der Waals surface area contributed by atoms with Gasteiger partial charge in [-0.15, -0.1) is 0 Å². The van der Waals surface area contributed by atoms with E-state index in [1.54, 1.807) is 4.57 Å². The topological polar surface area (TPSA) is 149 Å². The van der Waals surface area contributed by atoms with Crippen LogP contribution in [-0.2, 0) is 18.3 Å². The number of aliphatic hydroxyl groups excluding tert-OH is 2. The normalized spacial score (nSPS) is 28.5. The van der Waals surface area contributed by atoms with Crippen molar-refractivity contribution in [1.82, 2.24) is 9.55 Å². The van der Waals surface area contributed by atoms with Crippen molar-refractivity contribution in [3.63, 3.8) is 0 Å². The molecule has 2 aromatic rings. The number of nitrogens with two attached hydrogens (primary N) is 1. The Balaban J connectivity index is 1.87. The second kappa shape index (κ2) is 8.17. The lowest BCUT2D eigenvalue weighted by atomic mass is 10.1. The maximum atomic E-state index is 12.2. The van der Waals surface area contributed by atoms with Crippen LogP contribution >= 0.6 is 7.82 Å². The predicted octanol–water partition coefficient (Wildman–Crippen LogP) is 0.753. The molecular formula is C17H26N3O7P. The zero-order chi connectivity index (χ0) is 20.6. The van der Waals surface area contributed by atoms with Gasteiger partial charge in [0.15, 0.2) is 6.23 Å². The highest BCUT2D eigenvalue weighted by atomic mass is 31.2. The van der Waals surface area contributed by atoms with Gasteiger partial charge >= 0.3 is 7.82 Å². The van der Waals surface area contributed by atoms with Gasteiger partial charge in [0.1, 0.15) is 18.3 Å². The van der Waals surface area contributed by atoms with E-state index in [4.69, 9.17) is 19.5 Å². The fraction of sp³-hybridized carbons (Fsp3) is 0.588. The molecule has 0 amide bonds. The molecule has 3 rings (SSSR count). The van der Waals surface area contributed by atoms with E-state index < -0.39 is 45.1 Å². The molecular weight excluding hydrogens is 389 g/mol. The molecule has 1 aliphatic rings. The summed E-state index contributed by atoms with van der Waals surface area (Å²) in [6.45, 7) is 4.95. The van der Waals surface area contributed by atoms with Gasteiger partial charge in [-0.25, -0.2) is 9.55 Å². The molecule has 0 bridgehead atoms. The summed E-state index contributed by atoms with van der Waals surface area (Å²) < 4.78 is 29.6. The molecule has 156 valence electrons. The number of hydrogen-bond acceptors (Lipinski definition) is 8. The van der Waals surface area contributed by atoms with E-state index in [0.29, 0.717) is 0 Å². The number of hydrogen-bond donors (Lipinski definition) is 4. The summed E-state index contributed by atoms with van der Waals surface area (Å²) in [5, 5.41) is 20.4. The highest BCUT2D eigenvalue weighted by Crippen LogP contribution is 2.49. The molecule has 0 spiro atoms. The van der Waals surface area contributed by atoms with Crippen LogP contribution in [0, 0.1) is 13.8 Å². The SMILES string of the molecule is Cc1cc2ncn([C@H]3O[C@H](CO)[C@@H](OP(=O)(O)O[C@H](C)CN)[C@H]3O)c2cc1C. The average Bonchev–Trinajstić information content (AvgIpc) is 3.16. The largest absolute Gasteiger partial charge is 0.472 e. The molecule has 1 fully saturated rings. The number of phosphoric ester groups is 1. The highest BCUT2D eigenvalue weighted by Gasteiger charge is 2.49. The molecule has 6 atom stereocenters. The first-order valence-corrected chi connectivity index (χ1v) is 10.4. The Morgan fingerprint density at radius 3 is 2.71 bits per heavy atom. The number of fused-ring (bicyclic) bond motifs is 1. The first-order valence-electron chi connectivity index (χ1n) is 8.94. The van der Waals surface area contributed by atoms with Crippen molar-refractivity contribution >= 4 is 18.9 Å². The van der Waals surface area contributed by atoms with E-state index >= 15 is 0 Å². The van der Waals surface area contributed by atoms with Crippen molar-refractivity contribution in [3.05, 3.63) is 29.6 Å². The lowest BCUT2D eigenvalue weighted by Gasteiger charge is -2.23. The van der Waals surface area contributed by atoms with Crippen molar-refractivity contribution in [2.45, 2.75) is 51.4 Å². The van der Waals surface area contributed by atoms with E-state index in [-0.39, 0.29) is 6.54 Å². The minimum absolute atomic E-state index is 0.0173. The molecule has 1 aliphatic heterocycles.